The minimum atomic E-state index is -3.26. The highest BCUT2D eigenvalue weighted by atomic mass is 31.2. The Bertz CT molecular complexity index is 542. The molecule has 0 aromatic heterocycles. The average Bonchev–Trinajstić information content (AvgIpc) is 2.59. The minimum Gasteiger partial charge on any atom is -0.460 e. The van der Waals surface area contributed by atoms with Crippen LogP contribution >= 0.6 is 7.60 Å². The number of carbonyl (C=O) groups excluding carboxylic acids is 2. The van der Waals surface area contributed by atoms with Gasteiger partial charge in [0.25, 0.3) is 0 Å². The van der Waals surface area contributed by atoms with Crippen LogP contribution in [0.4, 0.5) is 0 Å². The van der Waals surface area contributed by atoms with Crippen molar-refractivity contribution in [2.24, 2.45) is 0 Å². The molecule has 0 amide bonds. The Morgan fingerprint density at radius 2 is 1.72 bits per heavy atom. The molecular weight excluding hydrogens is 393 g/mol. The van der Waals surface area contributed by atoms with E-state index in [1.54, 1.807) is 6.92 Å². The zero-order valence-electron chi connectivity index (χ0n) is 18.4. The first-order valence-electron chi connectivity index (χ1n) is 10.0. The van der Waals surface area contributed by atoms with Crippen LogP contribution in [0.3, 0.4) is 0 Å². The molecule has 29 heavy (non-hydrogen) atoms. The third-order valence-corrected chi connectivity index (χ3v) is 5.21. The molecule has 0 rings (SSSR count). The first-order chi connectivity index (χ1) is 13.0. The van der Waals surface area contributed by atoms with E-state index in [0.29, 0.717) is 43.3 Å². The summed E-state index contributed by atoms with van der Waals surface area (Å²) in [6, 6.07) is 0. The number of nitrogens with zero attached hydrogens (tertiary/aromatic N) is 1. The molecule has 0 aromatic carbocycles. The van der Waals surface area contributed by atoms with Gasteiger partial charge in [-0.3, -0.25) is 14.2 Å². The van der Waals surface area contributed by atoms with Crippen LogP contribution in [-0.2, 0) is 27.9 Å². The molecule has 0 aliphatic heterocycles. The Kier molecular flexibility index (Phi) is 16.4. The van der Waals surface area contributed by atoms with Gasteiger partial charge in [0, 0.05) is 25.9 Å². The molecule has 0 radical (unpaired) electrons. The molecule has 0 spiro atoms. The zero-order valence-corrected chi connectivity index (χ0v) is 19.3. The number of hydrogen-bond acceptors (Lipinski definition) is 6. The molecule has 0 fully saturated rings. The van der Waals surface area contributed by atoms with E-state index in [1.165, 1.54) is 6.66 Å². The maximum Gasteiger partial charge on any atom is 0.327 e. The second-order valence-electron chi connectivity index (χ2n) is 7.88. The molecule has 172 valence electrons. The van der Waals surface area contributed by atoms with Crippen molar-refractivity contribution in [1.29, 1.82) is 0 Å². The topological polar surface area (TPSA) is 78.9 Å². The summed E-state index contributed by atoms with van der Waals surface area (Å²) < 4.78 is 29.4. The van der Waals surface area contributed by atoms with E-state index in [1.807, 2.05) is 40.2 Å². The highest BCUT2D eigenvalue weighted by Gasteiger charge is 2.23. The molecule has 0 aliphatic carbocycles. The molecule has 8 heteroatoms. The van der Waals surface area contributed by atoms with Gasteiger partial charge in [0.05, 0.1) is 27.7 Å². The van der Waals surface area contributed by atoms with Gasteiger partial charge in [-0.2, -0.15) is 0 Å². The third-order valence-electron chi connectivity index (χ3n) is 3.94. The van der Waals surface area contributed by atoms with Gasteiger partial charge < -0.3 is 18.3 Å². The number of Topliss-reactive ketones (excluding diaryl/α,β-unsaturated/α-hetero) is 1. The smallest absolute Gasteiger partial charge is 0.327 e. The summed E-state index contributed by atoms with van der Waals surface area (Å²) in [5, 5.41) is 0. The molecule has 0 bridgehead atoms. The summed E-state index contributed by atoms with van der Waals surface area (Å²) in [5.41, 5.74) is 0. The number of ether oxygens (including phenoxy) is 1. The number of rotatable bonds is 16. The fourth-order valence-corrected chi connectivity index (χ4v) is 3.07. The molecular formula is C21H43NO6P+. The predicted molar refractivity (Wildman–Crippen MR) is 118 cm³/mol. The van der Waals surface area contributed by atoms with Crippen molar-refractivity contribution >= 4 is 19.3 Å². The maximum atomic E-state index is 12.5. The summed E-state index contributed by atoms with van der Waals surface area (Å²) in [6.45, 7) is 6.18. The van der Waals surface area contributed by atoms with Gasteiger partial charge >= 0.3 is 13.6 Å². The summed E-state index contributed by atoms with van der Waals surface area (Å²) in [7, 11) is 2.79. The Hall–Kier alpha value is -1.01. The highest BCUT2D eigenvalue weighted by molar-refractivity contribution is 7.52. The molecule has 0 saturated carbocycles. The molecule has 2 atom stereocenters. The lowest BCUT2D eigenvalue weighted by Gasteiger charge is -2.25. The van der Waals surface area contributed by atoms with Crippen molar-refractivity contribution < 1.29 is 32.4 Å². The minimum absolute atomic E-state index is 0. The van der Waals surface area contributed by atoms with Crippen LogP contribution in [0.25, 0.3) is 0 Å². The molecule has 0 N–H and O–H groups in total. The van der Waals surface area contributed by atoms with Crippen LogP contribution < -0.4 is 0 Å². The Balaban J connectivity index is 0. The molecule has 0 aromatic rings. The van der Waals surface area contributed by atoms with Crippen LogP contribution in [0, 0.1) is 0 Å². The summed E-state index contributed by atoms with van der Waals surface area (Å²) >= 11 is 0. The van der Waals surface area contributed by atoms with Crippen molar-refractivity contribution in [2.75, 3.05) is 47.6 Å². The SMILES string of the molecule is C.CC/C=C\CCC(=O)OC(CCC(=O)CC)COP(C)(=O)OCC[N+](C)(C)C. The lowest BCUT2D eigenvalue weighted by molar-refractivity contribution is -0.870. The molecule has 7 nitrogen and oxygen atoms in total. The van der Waals surface area contributed by atoms with Crippen molar-refractivity contribution in [3.8, 4) is 0 Å². The number of ketones is 1. The number of allylic oxidation sites excluding steroid dienone is 2. The quantitative estimate of drug-likeness (QED) is 0.152. The summed E-state index contributed by atoms with van der Waals surface area (Å²) in [5.74, 6) is -0.263. The standard InChI is InChI=1S/C20H39NO6P.CH4/c1-7-9-10-11-12-20(23)27-19(14-13-18(22)8-2)17-26-28(6,24)25-16-15-21(3,4)5;/h9-10,19H,7-8,11-17H2,1-6H3;1H4/q+1;/b10-9-;. The van der Waals surface area contributed by atoms with E-state index in [-0.39, 0.29) is 32.2 Å². The Labute approximate surface area is 177 Å². The average molecular weight is 437 g/mol. The maximum absolute atomic E-state index is 12.5. The fourth-order valence-electron chi connectivity index (χ4n) is 2.14. The second kappa shape index (κ2) is 15.8. The molecule has 0 saturated heterocycles. The number of quaternary nitrogens is 1. The van der Waals surface area contributed by atoms with Gasteiger partial charge in [0.15, 0.2) is 0 Å². The van der Waals surface area contributed by atoms with E-state index >= 15 is 0 Å². The van der Waals surface area contributed by atoms with E-state index < -0.39 is 13.7 Å². The Morgan fingerprint density at radius 3 is 2.28 bits per heavy atom. The first-order valence-corrected chi connectivity index (χ1v) is 12.0. The molecule has 2 unspecified atom stereocenters. The molecule has 0 aliphatic rings. The van der Waals surface area contributed by atoms with Crippen LogP contribution in [0.5, 0.6) is 0 Å². The zero-order chi connectivity index (χ0) is 21.6. The van der Waals surface area contributed by atoms with E-state index in [9.17, 15) is 14.2 Å². The lowest BCUT2D eigenvalue weighted by Crippen LogP contribution is -2.37. The van der Waals surface area contributed by atoms with Gasteiger partial charge in [0.1, 0.15) is 25.0 Å². The molecule has 0 heterocycles. The van der Waals surface area contributed by atoms with E-state index in [2.05, 4.69) is 0 Å². The van der Waals surface area contributed by atoms with Crippen LogP contribution in [-0.4, -0.2) is 69.9 Å². The van der Waals surface area contributed by atoms with Crippen LogP contribution in [0.15, 0.2) is 12.2 Å². The highest BCUT2D eigenvalue weighted by Crippen LogP contribution is 2.44. The van der Waals surface area contributed by atoms with Crippen molar-refractivity contribution in [1.82, 2.24) is 0 Å². The number of carbonyl (C=O) groups is 2. The summed E-state index contributed by atoms with van der Waals surface area (Å²) in [4.78, 5) is 23.6. The van der Waals surface area contributed by atoms with E-state index in [0.717, 1.165) is 6.42 Å². The van der Waals surface area contributed by atoms with Gasteiger partial charge in [-0.25, -0.2) is 0 Å². The van der Waals surface area contributed by atoms with Crippen LogP contribution in [0.1, 0.15) is 59.8 Å². The summed E-state index contributed by atoms with van der Waals surface area (Å²) in [6.07, 6.45) is 6.19. The monoisotopic (exact) mass is 436 g/mol. The van der Waals surface area contributed by atoms with E-state index in [4.69, 9.17) is 13.8 Å². The third kappa shape index (κ3) is 18.7. The van der Waals surface area contributed by atoms with Gasteiger partial charge in [0.2, 0.25) is 0 Å². The lowest BCUT2D eigenvalue weighted by atomic mass is 10.1. The van der Waals surface area contributed by atoms with Gasteiger partial charge in [-0.05, 0) is 19.3 Å². The largest absolute Gasteiger partial charge is 0.460 e. The van der Waals surface area contributed by atoms with Gasteiger partial charge in [-0.1, -0.05) is 33.4 Å². The number of likely N-dealkylation sites (N-methyl/N-ethyl adjacent to an activating group) is 1. The van der Waals surface area contributed by atoms with Crippen LogP contribution in [0.2, 0.25) is 0 Å². The second-order valence-corrected chi connectivity index (χ2v) is 9.93. The van der Waals surface area contributed by atoms with Gasteiger partial charge in [-0.15, -0.1) is 0 Å². The van der Waals surface area contributed by atoms with Crippen molar-refractivity contribution in [2.45, 2.75) is 65.9 Å². The number of esters is 1. The normalized spacial score (nSPS) is 14.8. The predicted octanol–water partition coefficient (Wildman–Crippen LogP) is 4.60. The number of hydrogen-bond donors (Lipinski definition) is 0. The van der Waals surface area contributed by atoms with Crippen molar-refractivity contribution in [3.63, 3.8) is 0 Å². The first kappa shape index (κ1) is 30.2. The fraction of sp³-hybridized carbons (Fsp3) is 0.810. The van der Waals surface area contributed by atoms with Crippen molar-refractivity contribution in [3.05, 3.63) is 12.2 Å². The Morgan fingerprint density at radius 1 is 1.07 bits per heavy atom.